The predicted octanol–water partition coefficient (Wildman–Crippen LogP) is 4.38. The van der Waals surface area contributed by atoms with Gasteiger partial charge in [0.25, 0.3) is 0 Å². The van der Waals surface area contributed by atoms with Gasteiger partial charge in [0.05, 0.1) is 11.4 Å². The average Bonchev–Trinajstić information content (AvgIpc) is 3.41. The predicted molar refractivity (Wildman–Crippen MR) is 146 cm³/mol. The summed E-state index contributed by atoms with van der Waals surface area (Å²) in [7, 11) is 0. The number of rotatable bonds is 5. The standard InChI is InChI=1S/C30H28N4O4/c35-26-9-5-4-8-25(26)32-14-16-33(17-15-32)29(36)13-11-23-21-34(24-6-2-1-3-7-24)31-30(23)22-10-12-27-28(20-22)38-19-18-37-27/h1-13,20-21,35H,14-19H2. The molecule has 1 aromatic heterocycles. The zero-order valence-corrected chi connectivity index (χ0v) is 20.9. The Labute approximate surface area is 220 Å². The molecule has 0 aliphatic carbocycles. The van der Waals surface area contributed by atoms with E-state index >= 15 is 0 Å². The van der Waals surface area contributed by atoms with E-state index in [1.165, 1.54) is 0 Å². The van der Waals surface area contributed by atoms with Crippen molar-refractivity contribution in [3.05, 3.63) is 90.6 Å². The lowest BCUT2D eigenvalue weighted by atomic mass is 10.1. The van der Waals surface area contributed by atoms with Crippen molar-refractivity contribution >= 4 is 17.7 Å². The number of nitrogens with zero attached hydrogens (tertiary/aromatic N) is 4. The number of carbonyl (C=O) groups is 1. The minimum absolute atomic E-state index is 0.0532. The number of anilines is 1. The maximum atomic E-state index is 13.1. The summed E-state index contributed by atoms with van der Waals surface area (Å²) in [5.41, 5.74) is 4.18. The van der Waals surface area contributed by atoms with Gasteiger partial charge in [0.2, 0.25) is 5.91 Å². The molecule has 0 saturated carbocycles. The summed E-state index contributed by atoms with van der Waals surface area (Å²) in [5.74, 6) is 1.62. The first-order chi connectivity index (χ1) is 18.7. The molecular formula is C30H28N4O4. The van der Waals surface area contributed by atoms with Crippen LogP contribution in [0.5, 0.6) is 17.2 Å². The van der Waals surface area contributed by atoms with Gasteiger partial charge in [-0.2, -0.15) is 5.10 Å². The van der Waals surface area contributed by atoms with Crippen molar-refractivity contribution in [2.45, 2.75) is 0 Å². The number of hydrogen-bond acceptors (Lipinski definition) is 6. The van der Waals surface area contributed by atoms with Gasteiger partial charge in [-0.05, 0) is 48.5 Å². The van der Waals surface area contributed by atoms with Crippen molar-refractivity contribution in [3.8, 4) is 34.2 Å². The second-order valence-electron chi connectivity index (χ2n) is 9.21. The number of phenolic OH excluding ortho intramolecular Hbond substituents is 1. The lowest BCUT2D eigenvalue weighted by Crippen LogP contribution is -2.48. The first-order valence-corrected chi connectivity index (χ1v) is 12.7. The SMILES string of the molecule is O=C(C=Cc1cn(-c2ccccc2)nc1-c1ccc2c(c1)OCCO2)N1CCN(c2ccccc2O)CC1. The molecule has 1 saturated heterocycles. The Morgan fingerprint density at radius 1 is 0.868 bits per heavy atom. The first kappa shape index (κ1) is 23.7. The fourth-order valence-corrected chi connectivity index (χ4v) is 4.80. The molecular weight excluding hydrogens is 480 g/mol. The quantitative estimate of drug-likeness (QED) is 0.403. The Bertz CT molecular complexity index is 1470. The highest BCUT2D eigenvalue weighted by Crippen LogP contribution is 2.35. The van der Waals surface area contributed by atoms with Crippen LogP contribution in [0.25, 0.3) is 23.0 Å². The minimum atomic E-state index is -0.0532. The molecule has 2 aliphatic rings. The van der Waals surface area contributed by atoms with Gasteiger partial charge < -0.3 is 24.4 Å². The minimum Gasteiger partial charge on any atom is -0.506 e. The number of piperazine rings is 1. The molecule has 1 fully saturated rings. The molecule has 38 heavy (non-hydrogen) atoms. The van der Waals surface area contributed by atoms with Crippen LogP contribution in [0.15, 0.2) is 85.1 Å². The van der Waals surface area contributed by atoms with Gasteiger partial charge in [0.15, 0.2) is 11.5 Å². The molecule has 3 aromatic carbocycles. The van der Waals surface area contributed by atoms with Gasteiger partial charge in [-0.1, -0.05) is 30.3 Å². The maximum Gasteiger partial charge on any atom is 0.246 e. The second-order valence-corrected chi connectivity index (χ2v) is 9.21. The van der Waals surface area contributed by atoms with Crippen molar-refractivity contribution in [1.82, 2.24) is 14.7 Å². The lowest BCUT2D eigenvalue weighted by Gasteiger charge is -2.35. The number of hydrogen-bond donors (Lipinski definition) is 1. The number of aromatic nitrogens is 2. The molecule has 0 bridgehead atoms. The van der Waals surface area contributed by atoms with Gasteiger partial charge in [0, 0.05) is 49.6 Å². The van der Waals surface area contributed by atoms with Gasteiger partial charge in [-0.25, -0.2) is 4.68 Å². The number of benzene rings is 3. The topological polar surface area (TPSA) is 80.1 Å². The van der Waals surface area contributed by atoms with E-state index in [1.807, 2.05) is 88.6 Å². The van der Waals surface area contributed by atoms with Crippen molar-refractivity contribution in [2.24, 2.45) is 0 Å². The Morgan fingerprint density at radius 2 is 1.61 bits per heavy atom. The highest BCUT2D eigenvalue weighted by atomic mass is 16.6. The Hall–Kier alpha value is -4.72. The van der Waals surface area contributed by atoms with E-state index in [1.54, 1.807) is 12.1 Å². The van der Waals surface area contributed by atoms with Crippen LogP contribution in [-0.4, -0.2) is 65.1 Å². The van der Waals surface area contributed by atoms with Crippen LogP contribution in [0, 0.1) is 0 Å². The molecule has 3 heterocycles. The van der Waals surface area contributed by atoms with Crippen molar-refractivity contribution < 1.29 is 19.4 Å². The van der Waals surface area contributed by atoms with E-state index in [4.69, 9.17) is 14.6 Å². The summed E-state index contributed by atoms with van der Waals surface area (Å²) >= 11 is 0. The molecule has 0 atom stereocenters. The third kappa shape index (κ3) is 4.80. The number of aromatic hydroxyl groups is 1. The third-order valence-electron chi connectivity index (χ3n) is 6.80. The summed E-state index contributed by atoms with van der Waals surface area (Å²) in [6.45, 7) is 3.52. The number of ether oxygens (including phenoxy) is 2. The van der Waals surface area contributed by atoms with E-state index < -0.39 is 0 Å². The fourth-order valence-electron chi connectivity index (χ4n) is 4.80. The van der Waals surface area contributed by atoms with Crippen LogP contribution in [0.3, 0.4) is 0 Å². The van der Waals surface area contributed by atoms with E-state index in [0.29, 0.717) is 45.1 Å². The van der Waals surface area contributed by atoms with Gasteiger partial charge in [0.1, 0.15) is 24.7 Å². The van der Waals surface area contributed by atoms with Gasteiger partial charge >= 0.3 is 0 Å². The third-order valence-corrected chi connectivity index (χ3v) is 6.80. The highest BCUT2D eigenvalue weighted by molar-refractivity contribution is 5.93. The molecule has 0 radical (unpaired) electrons. The fraction of sp³-hybridized carbons (Fsp3) is 0.200. The summed E-state index contributed by atoms with van der Waals surface area (Å²) in [5, 5.41) is 15.0. The molecule has 192 valence electrons. The summed E-state index contributed by atoms with van der Waals surface area (Å²) in [6, 6.07) is 23.0. The number of para-hydroxylation sites is 3. The maximum absolute atomic E-state index is 13.1. The van der Waals surface area contributed by atoms with Crippen LogP contribution >= 0.6 is 0 Å². The molecule has 1 N–H and O–H groups in total. The largest absolute Gasteiger partial charge is 0.506 e. The molecule has 0 unspecified atom stereocenters. The first-order valence-electron chi connectivity index (χ1n) is 12.7. The summed E-state index contributed by atoms with van der Waals surface area (Å²) < 4.78 is 13.3. The molecule has 0 spiro atoms. The number of amides is 1. The average molecular weight is 509 g/mol. The van der Waals surface area contributed by atoms with E-state index in [0.717, 1.165) is 33.9 Å². The van der Waals surface area contributed by atoms with Gasteiger partial charge in [-0.3, -0.25) is 4.79 Å². The molecule has 6 rings (SSSR count). The molecule has 1 amide bonds. The lowest BCUT2D eigenvalue weighted by molar-refractivity contribution is -0.126. The summed E-state index contributed by atoms with van der Waals surface area (Å²) in [6.07, 6.45) is 5.38. The number of carbonyl (C=O) groups excluding carboxylic acids is 1. The van der Waals surface area contributed by atoms with Crippen LogP contribution < -0.4 is 14.4 Å². The smallest absolute Gasteiger partial charge is 0.246 e. The number of phenols is 1. The highest BCUT2D eigenvalue weighted by Gasteiger charge is 2.22. The second kappa shape index (κ2) is 10.3. The molecule has 2 aliphatic heterocycles. The summed E-state index contributed by atoms with van der Waals surface area (Å²) in [4.78, 5) is 17.0. The van der Waals surface area contributed by atoms with E-state index in [-0.39, 0.29) is 11.7 Å². The van der Waals surface area contributed by atoms with Crippen molar-refractivity contribution in [2.75, 3.05) is 44.3 Å². The van der Waals surface area contributed by atoms with E-state index in [2.05, 4.69) is 4.90 Å². The van der Waals surface area contributed by atoms with Gasteiger partial charge in [-0.15, -0.1) is 0 Å². The van der Waals surface area contributed by atoms with Crippen LogP contribution in [-0.2, 0) is 4.79 Å². The monoisotopic (exact) mass is 508 g/mol. The zero-order chi connectivity index (χ0) is 25.9. The van der Waals surface area contributed by atoms with Crippen molar-refractivity contribution in [3.63, 3.8) is 0 Å². The molecule has 4 aromatic rings. The van der Waals surface area contributed by atoms with E-state index in [9.17, 15) is 9.90 Å². The Morgan fingerprint density at radius 3 is 2.39 bits per heavy atom. The Balaban J connectivity index is 1.23. The van der Waals surface area contributed by atoms with Crippen LogP contribution in [0.4, 0.5) is 5.69 Å². The van der Waals surface area contributed by atoms with Crippen molar-refractivity contribution in [1.29, 1.82) is 0 Å². The number of fused-ring (bicyclic) bond motifs is 1. The molecule has 8 heteroatoms. The zero-order valence-electron chi connectivity index (χ0n) is 20.9. The van der Waals surface area contributed by atoms with Crippen LogP contribution in [0.2, 0.25) is 0 Å². The Kier molecular flexibility index (Phi) is 6.44. The molecule has 8 nitrogen and oxygen atoms in total. The van der Waals surface area contributed by atoms with Crippen LogP contribution in [0.1, 0.15) is 5.56 Å². The normalized spacial score (nSPS) is 15.2.